The molecule has 1 aromatic carbocycles. The fourth-order valence-corrected chi connectivity index (χ4v) is 4.10. The van der Waals surface area contributed by atoms with Crippen LogP contribution in [0.1, 0.15) is 45.1 Å². The first-order chi connectivity index (χ1) is 12.0. The molecule has 0 saturated carbocycles. The second kappa shape index (κ2) is 10.5. The van der Waals surface area contributed by atoms with Gasteiger partial charge in [-0.15, -0.1) is 0 Å². The summed E-state index contributed by atoms with van der Waals surface area (Å²) < 4.78 is 11.0. The Balaban J connectivity index is 1.94. The lowest BCUT2D eigenvalue weighted by atomic mass is 9.75. The minimum Gasteiger partial charge on any atom is -0.385 e. The molecule has 0 amide bonds. The quantitative estimate of drug-likeness (QED) is 0.607. The number of nitrogens with one attached hydrogen (secondary N) is 1. The molecule has 142 valence electrons. The van der Waals surface area contributed by atoms with Gasteiger partial charge in [-0.3, -0.25) is 0 Å². The van der Waals surface area contributed by atoms with Gasteiger partial charge in [0.1, 0.15) is 0 Å². The largest absolute Gasteiger partial charge is 0.385 e. The Morgan fingerprint density at radius 1 is 1.32 bits per heavy atom. The number of ether oxygens (including phenoxy) is 2. The van der Waals surface area contributed by atoms with Crippen molar-refractivity contribution >= 4 is 11.6 Å². The van der Waals surface area contributed by atoms with E-state index in [2.05, 4.69) is 31.3 Å². The molecule has 0 radical (unpaired) electrons. The molecule has 1 aliphatic rings. The monoisotopic (exact) mass is 367 g/mol. The molecule has 0 aliphatic carbocycles. The van der Waals surface area contributed by atoms with Gasteiger partial charge in [0.05, 0.1) is 5.60 Å². The van der Waals surface area contributed by atoms with E-state index in [9.17, 15) is 0 Å². The van der Waals surface area contributed by atoms with Crippen LogP contribution in [0.5, 0.6) is 0 Å². The van der Waals surface area contributed by atoms with Gasteiger partial charge in [-0.1, -0.05) is 29.8 Å². The minimum absolute atomic E-state index is 0.00641. The number of rotatable bonds is 10. The topological polar surface area (TPSA) is 30.5 Å². The second-order valence-electron chi connectivity index (χ2n) is 7.80. The van der Waals surface area contributed by atoms with E-state index in [1.807, 2.05) is 12.1 Å². The molecular weight excluding hydrogens is 334 g/mol. The zero-order valence-corrected chi connectivity index (χ0v) is 16.8. The maximum absolute atomic E-state index is 6.43. The third kappa shape index (κ3) is 7.26. The van der Waals surface area contributed by atoms with E-state index < -0.39 is 0 Å². The van der Waals surface area contributed by atoms with Gasteiger partial charge in [-0.05, 0) is 82.5 Å². The number of benzene rings is 1. The summed E-state index contributed by atoms with van der Waals surface area (Å²) in [6, 6.07) is 8.28. The first-order valence-electron chi connectivity index (χ1n) is 9.59. The summed E-state index contributed by atoms with van der Waals surface area (Å²) in [5.74, 6) is 1.33. The van der Waals surface area contributed by atoms with Crippen LogP contribution in [0, 0.1) is 11.8 Å². The fourth-order valence-electron chi connectivity index (χ4n) is 3.89. The van der Waals surface area contributed by atoms with E-state index in [0.717, 1.165) is 57.0 Å². The highest BCUT2D eigenvalue weighted by atomic mass is 35.5. The third-order valence-corrected chi connectivity index (χ3v) is 5.60. The minimum atomic E-state index is -0.00641. The van der Waals surface area contributed by atoms with Crippen molar-refractivity contribution in [3.8, 4) is 0 Å². The number of hydrogen-bond donors (Lipinski definition) is 1. The standard InChI is InChI=1S/C21H34ClNO2/c1-21(2)16-19(10-14-25-21)17(9-12-23-11-6-13-24-3)15-18-7-4-5-8-20(18)22/h4-5,7-8,17,19,23H,6,9-16H2,1-3H3. The van der Waals surface area contributed by atoms with Crippen molar-refractivity contribution in [3.63, 3.8) is 0 Å². The molecule has 0 spiro atoms. The Bertz CT molecular complexity index is 506. The van der Waals surface area contributed by atoms with Crippen LogP contribution in [0.2, 0.25) is 5.02 Å². The molecule has 25 heavy (non-hydrogen) atoms. The highest BCUT2D eigenvalue weighted by Gasteiger charge is 2.33. The Morgan fingerprint density at radius 3 is 2.84 bits per heavy atom. The Labute approximate surface area is 158 Å². The van der Waals surface area contributed by atoms with Crippen LogP contribution in [0.4, 0.5) is 0 Å². The molecular formula is C21H34ClNO2. The zero-order chi connectivity index (χ0) is 18.1. The van der Waals surface area contributed by atoms with Gasteiger partial charge in [-0.25, -0.2) is 0 Å². The van der Waals surface area contributed by atoms with Crippen molar-refractivity contribution in [2.24, 2.45) is 11.8 Å². The predicted octanol–water partition coefficient (Wildman–Crippen LogP) is 4.72. The van der Waals surface area contributed by atoms with Crippen molar-refractivity contribution in [1.29, 1.82) is 0 Å². The molecule has 1 saturated heterocycles. The van der Waals surface area contributed by atoms with Gasteiger partial charge < -0.3 is 14.8 Å². The van der Waals surface area contributed by atoms with Gasteiger partial charge in [0.2, 0.25) is 0 Å². The average Bonchev–Trinajstić information content (AvgIpc) is 2.57. The lowest BCUT2D eigenvalue weighted by molar-refractivity contribution is -0.0830. The molecule has 0 bridgehead atoms. The van der Waals surface area contributed by atoms with Crippen molar-refractivity contribution in [3.05, 3.63) is 34.9 Å². The number of methoxy groups -OCH3 is 1. The average molecular weight is 368 g/mol. The lowest BCUT2D eigenvalue weighted by Gasteiger charge is -2.39. The maximum atomic E-state index is 6.43. The highest BCUT2D eigenvalue weighted by molar-refractivity contribution is 6.31. The van der Waals surface area contributed by atoms with E-state index in [-0.39, 0.29) is 5.60 Å². The van der Waals surface area contributed by atoms with Crippen LogP contribution >= 0.6 is 11.6 Å². The summed E-state index contributed by atoms with van der Waals surface area (Å²) in [6.45, 7) is 8.20. The summed E-state index contributed by atoms with van der Waals surface area (Å²) in [5.41, 5.74) is 1.27. The van der Waals surface area contributed by atoms with Crippen molar-refractivity contribution in [1.82, 2.24) is 5.32 Å². The van der Waals surface area contributed by atoms with Crippen molar-refractivity contribution in [2.75, 3.05) is 33.4 Å². The van der Waals surface area contributed by atoms with Gasteiger partial charge in [0.15, 0.2) is 0 Å². The number of hydrogen-bond acceptors (Lipinski definition) is 3. The van der Waals surface area contributed by atoms with Gasteiger partial charge >= 0.3 is 0 Å². The van der Waals surface area contributed by atoms with E-state index in [1.165, 1.54) is 12.0 Å². The maximum Gasteiger partial charge on any atom is 0.0629 e. The SMILES string of the molecule is COCCCNCCC(Cc1ccccc1Cl)C1CCOC(C)(C)C1. The lowest BCUT2D eigenvalue weighted by Crippen LogP contribution is -2.38. The van der Waals surface area contributed by atoms with E-state index in [1.54, 1.807) is 7.11 Å². The first-order valence-corrected chi connectivity index (χ1v) is 9.96. The summed E-state index contributed by atoms with van der Waals surface area (Å²) in [7, 11) is 1.76. The normalized spacial score (nSPS) is 21.2. The predicted molar refractivity (Wildman–Crippen MR) is 105 cm³/mol. The molecule has 1 aliphatic heterocycles. The summed E-state index contributed by atoms with van der Waals surface area (Å²) in [4.78, 5) is 0. The molecule has 2 unspecified atom stereocenters. The van der Waals surface area contributed by atoms with Crippen LogP contribution in [0.25, 0.3) is 0 Å². The Hall–Kier alpha value is -0.610. The van der Waals surface area contributed by atoms with Crippen LogP contribution in [0.15, 0.2) is 24.3 Å². The fraction of sp³-hybridized carbons (Fsp3) is 0.714. The molecule has 1 N–H and O–H groups in total. The molecule has 3 nitrogen and oxygen atoms in total. The highest BCUT2D eigenvalue weighted by Crippen LogP contribution is 2.37. The molecule has 1 fully saturated rings. The second-order valence-corrected chi connectivity index (χ2v) is 8.21. The van der Waals surface area contributed by atoms with Crippen LogP contribution < -0.4 is 5.32 Å². The molecule has 4 heteroatoms. The van der Waals surface area contributed by atoms with Crippen LogP contribution in [0.3, 0.4) is 0 Å². The van der Waals surface area contributed by atoms with Gasteiger partial charge in [0.25, 0.3) is 0 Å². The van der Waals surface area contributed by atoms with Crippen molar-refractivity contribution in [2.45, 2.75) is 51.6 Å². The molecule has 0 aromatic heterocycles. The summed E-state index contributed by atoms with van der Waals surface area (Å²) >= 11 is 6.43. The van der Waals surface area contributed by atoms with Gasteiger partial charge in [-0.2, -0.15) is 0 Å². The third-order valence-electron chi connectivity index (χ3n) is 5.24. The van der Waals surface area contributed by atoms with Crippen LogP contribution in [-0.4, -0.2) is 39.0 Å². The van der Waals surface area contributed by atoms with E-state index in [4.69, 9.17) is 21.1 Å². The van der Waals surface area contributed by atoms with Crippen LogP contribution in [-0.2, 0) is 15.9 Å². The first kappa shape index (κ1) is 20.7. The van der Waals surface area contributed by atoms with E-state index in [0.29, 0.717) is 11.8 Å². The van der Waals surface area contributed by atoms with Gasteiger partial charge in [0, 0.05) is 25.3 Å². The smallest absolute Gasteiger partial charge is 0.0629 e. The van der Waals surface area contributed by atoms with E-state index >= 15 is 0 Å². The summed E-state index contributed by atoms with van der Waals surface area (Å²) in [5, 5.41) is 4.46. The molecule has 1 aromatic rings. The molecule has 1 heterocycles. The molecule has 2 rings (SSSR count). The molecule has 2 atom stereocenters. The summed E-state index contributed by atoms with van der Waals surface area (Å²) in [6.07, 6.45) is 5.59. The zero-order valence-electron chi connectivity index (χ0n) is 16.0. The Kier molecular flexibility index (Phi) is 8.71. The number of halogens is 1. The van der Waals surface area contributed by atoms with Crippen molar-refractivity contribution < 1.29 is 9.47 Å². The Morgan fingerprint density at radius 2 is 2.12 bits per heavy atom.